The molecule has 0 bridgehead atoms. The molecule has 1 N–H and O–H groups in total. The highest BCUT2D eigenvalue weighted by Gasteiger charge is 2.67. The number of nitrogens with zero attached hydrogens (tertiary/aromatic N) is 2. The Morgan fingerprint density at radius 3 is 2.77 bits per heavy atom. The van der Waals surface area contributed by atoms with Gasteiger partial charge in [0.05, 0.1) is 16.4 Å². The van der Waals surface area contributed by atoms with Crippen molar-refractivity contribution in [2.45, 2.75) is 37.6 Å². The number of aromatic nitrogens is 2. The van der Waals surface area contributed by atoms with E-state index in [1.54, 1.807) is 6.92 Å². The predicted molar refractivity (Wildman–Crippen MR) is 89.3 cm³/mol. The van der Waals surface area contributed by atoms with Gasteiger partial charge >= 0.3 is 0 Å². The summed E-state index contributed by atoms with van der Waals surface area (Å²) in [6.07, 6.45) is 1.35. The highest BCUT2D eigenvalue weighted by atomic mass is 35.5. The van der Waals surface area contributed by atoms with Crippen LogP contribution in [0, 0.1) is 12.3 Å². The zero-order valence-electron chi connectivity index (χ0n) is 12.7. The van der Waals surface area contributed by atoms with Gasteiger partial charge in [0, 0.05) is 13.1 Å². The number of hydrogen-bond donors (Lipinski definition) is 1. The van der Waals surface area contributed by atoms with Crippen LogP contribution in [0.15, 0.2) is 24.3 Å². The van der Waals surface area contributed by atoms with Crippen LogP contribution in [-0.4, -0.2) is 26.3 Å². The van der Waals surface area contributed by atoms with E-state index in [1.165, 1.54) is 0 Å². The number of hydrogen-bond acceptors (Lipinski definition) is 2. The van der Waals surface area contributed by atoms with E-state index < -0.39 is 9.75 Å². The smallest absolute Gasteiger partial charge is 0.229 e. The minimum absolute atomic E-state index is 0.0651. The molecule has 1 fully saturated rings. The first-order valence-corrected chi connectivity index (χ1v) is 8.19. The Morgan fingerprint density at radius 1 is 1.41 bits per heavy atom. The third-order valence-corrected chi connectivity index (χ3v) is 5.55. The number of aryl methyl sites for hydroxylation is 2. The molecule has 4 nitrogen and oxygen atoms in total. The second kappa shape index (κ2) is 5.43. The van der Waals surface area contributed by atoms with Gasteiger partial charge in [-0.05, 0) is 38.8 Å². The number of amides is 1. The Kier molecular flexibility index (Phi) is 3.86. The summed E-state index contributed by atoms with van der Waals surface area (Å²) in [7, 11) is 0. The van der Waals surface area contributed by atoms with E-state index in [0.29, 0.717) is 13.0 Å². The molecule has 1 aromatic carbocycles. The molecule has 1 heterocycles. The third-order valence-electron chi connectivity index (χ3n) is 4.45. The molecular weight excluding hydrogens is 321 g/mol. The lowest BCUT2D eigenvalue weighted by Crippen LogP contribution is -2.34. The van der Waals surface area contributed by atoms with Crippen molar-refractivity contribution in [2.24, 2.45) is 5.41 Å². The molecule has 3 rings (SSSR count). The number of imidazole rings is 1. The van der Waals surface area contributed by atoms with Crippen LogP contribution < -0.4 is 5.32 Å². The lowest BCUT2D eigenvalue weighted by molar-refractivity contribution is -0.125. The van der Waals surface area contributed by atoms with Gasteiger partial charge in [-0.2, -0.15) is 0 Å². The molecule has 1 amide bonds. The van der Waals surface area contributed by atoms with Crippen LogP contribution in [0.5, 0.6) is 0 Å². The first-order chi connectivity index (χ1) is 10.3. The number of fused-ring (bicyclic) bond motifs is 1. The van der Waals surface area contributed by atoms with Crippen LogP contribution in [0.3, 0.4) is 0 Å². The lowest BCUT2D eigenvalue weighted by atomic mass is 10.1. The average Bonchev–Trinajstić information content (AvgIpc) is 2.84. The molecule has 1 aromatic heterocycles. The number of alkyl halides is 2. The van der Waals surface area contributed by atoms with Crippen LogP contribution in [0.1, 0.15) is 25.6 Å². The number of para-hydroxylation sites is 2. The maximum Gasteiger partial charge on any atom is 0.229 e. The van der Waals surface area contributed by atoms with Crippen LogP contribution >= 0.6 is 23.2 Å². The van der Waals surface area contributed by atoms with Gasteiger partial charge in [0.2, 0.25) is 5.91 Å². The zero-order valence-corrected chi connectivity index (χ0v) is 14.2. The highest BCUT2D eigenvalue weighted by molar-refractivity contribution is 6.53. The van der Waals surface area contributed by atoms with Crippen molar-refractivity contribution in [1.29, 1.82) is 0 Å². The largest absolute Gasteiger partial charge is 0.355 e. The van der Waals surface area contributed by atoms with Gasteiger partial charge in [0.1, 0.15) is 10.2 Å². The molecule has 1 aliphatic carbocycles. The zero-order chi connectivity index (χ0) is 16.0. The van der Waals surface area contributed by atoms with Crippen LogP contribution in [-0.2, 0) is 11.3 Å². The summed E-state index contributed by atoms with van der Waals surface area (Å²) in [5.41, 5.74) is 1.48. The summed E-state index contributed by atoms with van der Waals surface area (Å²) >= 11 is 12.0. The SMILES string of the molecule is Cc1nc2ccccc2n1CCCNC(=O)C1(C)CC1(Cl)Cl. The van der Waals surface area contributed by atoms with Crippen molar-refractivity contribution >= 4 is 40.1 Å². The number of halogens is 2. The number of carbonyl (C=O) groups is 1. The fourth-order valence-electron chi connectivity index (χ4n) is 2.76. The minimum Gasteiger partial charge on any atom is -0.355 e. The second-order valence-electron chi connectivity index (χ2n) is 6.12. The molecule has 1 saturated carbocycles. The van der Waals surface area contributed by atoms with E-state index in [-0.39, 0.29) is 5.91 Å². The van der Waals surface area contributed by atoms with Gasteiger partial charge in [0.25, 0.3) is 0 Å². The van der Waals surface area contributed by atoms with Gasteiger partial charge in [-0.25, -0.2) is 4.98 Å². The molecule has 0 saturated heterocycles. The van der Waals surface area contributed by atoms with Gasteiger partial charge < -0.3 is 9.88 Å². The van der Waals surface area contributed by atoms with Gasteiger partial charge in [-0.3, -0.25) is 4.79 Å². The predicted octanol–water partition coefficient (Wildman–Crippen LogP) is 3.43. The summed E-state index contributed by atoms with van der Waals surface area (Å²) in [5, 5.41) is 2.93. The molecule has 1 unspecified atom stereocenters. The van der Waals surface area contributed by atoms with E-state index in [0.717, 1.165) is 29.8 Å². The summed E-state index contributed by atoms with van der Waals surface area (Å²) < 4.78 is 1.27. The number of benzene rings is 1. The van der Waals surface area contributed by atoms with E-state index in [1.807, 2.05) is 25.1 Å². The summed E-state index contributed by atoms with van der Waals surface area (Å²) in [4.78, 5) is 16.6. The lowest BCUT2D eigenvalue weighted by Gasteiger charge is -2.13. The number of rotatable bonds is 5. The Morgan fingerprint density at radius 2 is 2.09 bits per heavy atom. The fraction of sp³-hybridized carbons (Fsp3) is 0.500. The van der Waals surface area contributed by atoms with Crippen LogP contribution in [0.4, 0.5) is 0 Å². The van der Waals surface area contributed by atoms with Crippen molar-refractivity contribution in [3.63, 3.8) is 0 Å². The average molecular weight is 340 g/mol. The molecule has 0 aliphatic heterocycles. The van der Waals surface area contributed by atoms with Gasteiger partial charge in [-0.1, -0.05) is 12.1 Å². The highest BCUT2D eigenvalue weighted by Crippen LogP contribution is 2.63. The molecular formula is C16H19Cl2N3O. The Bertz CT molecular complexity index is 725. The van der Waals surface area contributed by atoms with Crippen molar-refractivity contribution in [3.05, 3.63) is 30.1 Å². The fourth-order valence-corrected chi connectivity index (χ4v) is 3.46. The summed E-state index contributed by atoms with van der Waals surface area (Å²) in [6, 6.07) is 8.07. The topological polar surface area (TPSA) is 46.9 Å². The maximum absolute atomic E-state index is 12.1. The van der Waals surface area contributed by atoms with Crippen LogP contribution in [0.2, 0.25) is 0 Å². The molecule has 0 spiro atoms. The Balaban J connectivity index is 1.55. The minimum atomic E-state index is -0.909. The first kappa shape index (κ1) is 15.6. The second-order valence-corrected chi connectivity index (χ2v) is 7.61. The molecule has 22 heavy (non-hydrogen) atoms. The monoisotopic (exact) mass is 339 g/mol. The molecule has 118 valence electrons. The van der Waals surface area contributed by atoms with Crippen molar-refractivity contribution in [2.75, 3.05) is 6.54 Å². The van der Waals surface area contributed by atoms with E-state index in [2.05, 4.69) is 20.9 Å². The maximum atomic E-state index is 12.1. The normalized spacial score (nSPS) is 22.7. The molecule has 0 radical (unpaired) electrons. The molecule has 1 atom stereocenters. The van der Waals surface area contributed by atoms with Gasteiger partial charge in [-0.15, -0.1) is 23.2 Å². The van der Waals surface area contributed by atoms with E-state index in [4.69, 9.17) is 23.2 Å². The third kappa shape index (κ3) is 2.59. The first-order valence-electron chi connectivity index (χ1n) is 7.43. The van der Waals surface area contributed by atoms with Crippen molar-refractivity contribution < 1.29 is 4.79 Å². The van der Waals surface area contributed by atoms with E-state index in [9.17, 15) is 4.79 Å². The van der Waals surface area contributed by atoms with Crippen LogP contribution in [0.25, 0.3) is 11.0 Å². The summed E-state index contributed by atoms with van der Waals surface area (Å²) in [6.45, 7) is 5.22. The molecule has 1 aliphatic rings. The van der Waals surface area contributed by atoms with Crippen molar-refractivity contribution in [1.82, 2.24) is 14.9 Å². The van der Waals surface area contributed by atoms with E-state index >= 15 is 0 Å². The summed E-state index contributed by atoms with van der Waals surface area (Å²) in [5.74, 6) is 0.923. The Hall–Kier alpha value is -1.26. The quantitative estimate of drug-likeness (QED) is 0.670. The van der Waals surface area contributed by atoms with Crippen molar-refractivity contribution in [3.8, 4) is 0 Å². The molecule has 6 heteroatoms. The number of nitrogens with one attached hydrogen (secondary N) is 1. The standard InChI is InChI=1S/C16H19Cl2N3O/c1-11-20-12-6-3-4-7-13(12)21(11)9-5-8-19-14(22)15(2)10-16(15,17)18/h3-4,6-7H,5,8-10H2,1-2H3,(H,19,22). The molecule has 2 aromatic rings. The number of carbonyl (C=O) groups excluding carboxylic acids is 1. The van der Waals surface area contributed by atoms with Gasteiger partial charge in [0.15, 0.2) is 0 Å². The Labute approximate surface area is 139 Å².